The molecule has 26 heavy (non-hydrogen) atoms. The fraction of sp³-hybridized carbons (Fsp3) is 0.211. The molecule has 1 aromatic heterocycles. The number of benzene rings is 2. The number of hydrogen-bond acceptors (Lipinski definition) is 5. The molecule has 0 atom stereocenters. The summed E-state index contributed by atoms with van der Waals surface area (Å²) in [6.45, 7) is 0.639. The van der Waals surface area contributed by atoms with Crippen molar-refractivity contribution in [3.8, 4) is 5.75 Å². The molecule has 2 aromatic carbocycles. The Morgan fingerprint density at radius 3 is 2.73 bits per heavy atom. The van der Waals surface area contributed by atoms with Gasteiger partial charge in [0.05, 0.1) is 29.8 Å². The maximum atomic E-state index is 14.1. The minimum absolute atomic E-state index is 0.353. The summed E-state index contributed by atoms with van der Waals surface area (Å²) in [6, 6.07) is 10.2. The Bertz CT molecular complexity index is 923. The van der Waals surface area contributed by atoms with E-state index in [-0.39, 0.29) is 0 Å². The predicted octanol–water partition coefficient (Wildman–Crippen LogP) is 5.52. The van der Waals surface area contributed by atoms with Gasteiger partial charge in [0.2, 0.25) is 0 Å². The number of nitrogens with zero attached hydrogens (tertiary/aromatic N) is 1. The van der Waals surface area contributed by atoms with Crippen molar-refractivity contribution in [2.75, 3.05) is 31.9 Å². The lowest BCUT2D eigenvalue weighted by Crippen LogP contribution is -1.97. The van der Waals surface area contributed by atoms with Gasteiger partial charge in [-0.05, 0) is 30.3 Å². The molecule has 0 saturated heterocycles. The van der Waals surface area contributed by atoms with Crippen LogP contribution >= 0.6 is 23.4 Å². The van der Waals surface area contributed by atoms with Crippen molar-refractivity contribution in [2.45, 2.75) is 4.90 Å². The summed E-state index contributed by atoms with van der Waals surface area (Å²) in [5.74, 6) is 1.14. The van der Waals surface area contributed by atoms with E-state index >= 15 is 0 Å². The van der Waals surface area contributed by atoms with Gasteiger partial charge in [-0.2, -0.15) is 0 Å². The lowest BCUT2D eigenvalue weighted by Gasteiger charge is -2.14. The predicted molar refractivity (Wildman–Crippen MR) is 106 cm³/mol. The SMILES string of the molecule is COCCSc1cc2c(Nc3ccc(Cl)cc3F)ccnc2cc1OC. The van der Waals surface area contributed by atoms with Gasteiger partial charge in [-0.15, -0.1) is 11.8 Å². The van der Waals surface area contributed by atoms with Crippen molar-refractivity contribution in [1.82, 2.24) is 4.98 Å². The van der Waals surface area contributed by atoms with Crippen LogP contribution in [0.1, 0.15) is 0 Å². The minimum atomic E-state index is -0.411. The fourth-order valence-corrected chi connectivity index (χ4v) is 3.62. The number of nitrogens with one attached hydrogen (secondary N) is 1. The monoisotopic (exact) mass is 392 g/mol. The third-order valence-electron chi connectivity index (χ3n) is 3.77. The summed E-state index contributed by atoms with van der Waals surface area (Å²) in [4.78, 5) is 5.37. The van der Waals surface area contributed by atoms with E-state index in [9.17, 15) is 4.39 Å². The van der Waals surface area contributed by atoms with E-state index in [1.165, 1.54) is 6.07 Å². The molecule has 3 aromatic rings. The van der Waals surface area contributed by atoms with Crippen LogP contribution in [0.25, 0.3) is 10.9 Å². The second kappa shape index (κ2) is 8.58. The number of aromatic nitrogens is 1. The molecule has 1 heterocycles. The number of halogens is 2. The molecular formula is C19H18ClFN2O2S. The van der Waals surface area contributed by atoms with Crippen molar-refractivity contribution >= 4 is 45.6 Å². The second-order valence-corrected chi connectivity index (χ2v) is 7.04. The molecule has 0 radical (unpaired) electrons. The van der Waals surface area contributed by atoms with Crippen LogP contribution in [0.4, 0.5) is 15.8 Å². The fourth-order valence-electron chi connectivity index (χ4n) is 2.51. The number of anilines is 2. The maximum Gasteiger partial charge on any atom is 0.148 e. The van der Waals surface area contributed by atoms with Crippen molar-refractivity contribution in [1.29, 1.82) is 0 Å². The van der Waals surface area contributed by atoms with E-state index in [4.69, 9.17) is 21.1 Å². The summed E-state index contributed by atoms with van der Waals surface area (Å²) in [5, 5.41) is 4.36. The quantitative estimate of drug-likeness (QED) is 0.423. The molecule has 7 heteroatoms. The summed E-state index contributed by atoms with van der Waals surface area (Å²) in [5.41, 5.74) is 1.87. The van der Waals surface area contributed by atoms with E-state index in [1.54, 1.807) is 44.3 Å². The number of ether oxygens (including phenoxy) is 2. The molecule has 3 rings (SSSR count). The van der Waals surface area contributed by atoms with Gasteiger partial charge in [-0.25, -0.2) is 4.39 Å². The summed E-state index contributed by atoms with van der Waals surface area (Å²) in [7, 11) is 3.30. The Balaban J connectivity index is 2.00. The molecule has 0 spiro atoms. The third-order valence-corrected chi connectivity index (χ3v) is 5.01. The lowest BCUT2D eigenvalue weighted by molar-refractivity contribution is 0.218. The van der Waals surface area contributed by atoms with Gasteiger partial charge < -0.3 is 14.8 Å². The number of rotatable bonds is 7. The van der Waals surface area contributed by atoms with E-state index in [1.807, 2.05) is 18.2 Å². The van der Waals surface area contributed by atoms with Crippen molar-refractivity contribution in [2.24, 2.45) is 0 Å². The average molecular weight is 393 g/mol. The van der Waals surface area contributed by atoms with E-state index in [0.29, 0.717) is 17.3 Å². The molecule has 136 valence electrons. The molecule has 0 aliphatic heterocycles. The Hall–Kier alpha value is -2.02. The Kier molecular flexibility index (Phi) is 6.19. The normalized spacial score (nSPS) is 10.9. The molecule has 0 aliphatic rings. The van der Waals surface area contributed by atoms with Crippen LogP contribution in [-0.4, -0.2) is 31.6 Å². The largest absolute Gasteiger partial charge is 0.496 e. The summed E-state index contributed by atoms with van der Waals surface area (Å²) in [6.07, 6.45) is 1.68. The highest BCUT2D eigenvalue weighted by molar-refractivity contribution is 7.99. The molecule has 0 unspecified atom stereocenters. The van der Waals surface area contributed by atoms with Gasteiger partial charge >= 0.3 is 0 Å². The van der Waals surface area contributed by atoms with E-state index in [0.717, 1.165) is 33.0 Å². The first-order chi connectivity index (χ1) is 12.6. The molecule has 1 N–H and O–H groups in total. The lowest BCUT2D eigenvalue weighted by atomic mass is 10.1. The van der Waals surface area contributed by atoms with Crippen LogP contribution in [0.15, 0.2) is 47.5 Å². The van der Waals surface area contributed by atoms with Crippen molar-refractivity contribution in [3.63, 3.8) is 0 Å². The van der Waals surface area contributed by atoms with Crippen LogP contribution in [0.5, 0.6) is 5.75 Å². The summed E-state index contributed by atoms with van der Waals surface area (Å²) >= 11 is 7.46. The molecule has 0 saturated carbocycles. The molecular weight excluding hydrogens is 375 g/mol. The molecule has 0 aliphatic carbocycles. The van der Waals surface area contributed by atoms with E-state index in [2.05, 4.69) is 10.3 Å². The first-order valence-corrected chi connectivity index (χ1v) is 9.29. The summed E-state index contributed by atoms with van der Waals surface area (Å²) < 4.78 is 24.7. The third kappa shape index (κ3) is 4.20. The van der Waals surface area contributed by atoms with E-state index < -0.39 is 5.82 Å². The Morgan fingerprint density at radius 2 is 2.00 bits per heavy atom. The average Bonchev–Trinajstić information content (AvgIpc) is 2.64. The zero-order valence-corrected chi connectivity index (χ0v) is 16.0. The topological polar surface area (TPSA) is 43.4 Å². The smallest absolute Gasteiger partial charge is 0.148 e. The van der Waals surface area contributed by atoms with Crippen LogP contribution in [0.2, 0.25) is 5.02 Å². The van der Waals surface area contributed by atoms with Gasteiger partial charge in [-0.3, -0.25) is 4.98 Å². The number of fused-ring (bicyclic) bond motifs is 1. The van der Waals surface area contributed by atoms with Gasteiger partial charge in [0, 0.05) is 41.2 Å². The van der Waals surface area contributed by atoms with Gasteiger partial charge in [0.1, 0.15) is 11.6 Å². The molecule has 0 amide bonds. The van der Waals surface area contributed by atoms with Crippen LogP contribution in [0, 0.1) is 5.82 Å². The zero-order chi connectivity index (χ0) is 18.5. The molecule has 0 bridgehead atoms. The zero-order valence-electron chi connectivity index (χ0n) is 14.4. The number of thioether (sulfide) groups is 1. The highest BCUT2D eigenvalue weighted by Gasteiger charge is 2.11. The van der Waals surface area contributed by atoms with Gasteiger partial charge in [0.15, 0.2) is 0 Å². The minimum Gasteiger partial charge on any atom is -0.496 e. The highest BCUT2D eigenvalue weighted by atomic mass is 35.5. The van der Waals surface area contributed by atoms with Crippen LogP contribution < -0.4 is 10.1 Å². The first kappa shape index (κ1) is 18.8. The number of pyridine rings is 1. The molecule has 0 fully saturated rings. The van der Waals surface area contributed by atoms with Crippen LogP contribution in [-0.2, 0) is 4.74 Å². The highest BCUT2D eigenvalue weighted by Crippen LogP contribution is 2.36. The standard InChI is InChI=1S/C19H18ClFN2O2S/c1-24-7-8-26-19-10-13-15(5-6-22-17(13)11-18(19)25-2)23-16-4-3-12(20)9-14(16)21/h3-6,9-11H,7-8H2,1-2H3,(H,22,23). The number of hydrogen-bond donors (Lipinski definition) is 1. The van der Waals surface area contributed by atoms with Gasteiger partial charge in [0.25, 0.3) is 0 Å². The van der Waals surface area contributed by atoms with Crippen molar-refractivity contribution in [3.05, 3.63) is 53.4 Å². The Morgan fingerprint density at radius 1 is 1.15 bits per heavy atom. The van der Waals surface area contributed by atoms with Crippen LogP contribution in [0.3, 0.4) is 0 Å². The van der Waals surface area contributed by atoms with Crippen molar-refractivity contribution < 1.29 is 13.9 Å². The van der Waals surface area contributed by atoms with Gasteiger partial charge in [-0.1, -0.05) is 11.6 Å². The first-order valence-electron chi connectivity index (χ1n) is 7.93. The maximum absolute atomic E-state index is 14.1. The number of methoxy groups -OCH3 is 2. The Labute approximate surface area is 160 Å². The second-order valence-electron chi connectivity index (χ2n) is 5.47. The molecule has 4 nitrogen and oxygen atoms in total.